The van der Waals surface area contributed by atoms with Gasteiger partial charge >= 0.3 is 0 Å². The number of hydrogen-bond donors (Lipinski definition) is 0. The van der Waals surface area contributed by atoms with Crippen LogP contribution in [0.3, 0.4) is 0 Å². The molecular weight excluding hydrogens is 326 g/mol. The molecule has 4 rings (SSSR count). The van der Waals surface area contributed by atoms with Crippen molar-refractivity contribution in [3.05, 3.63) is 88.7 Å². The predicted molar refractivity (Wildman–Crippen MR) is 87.1 cm³/mol. The van der Waals surface area contributed by atoms with Crippen molar-refractivity contribution in [1.82, 2.24) is 0 Å². The first-order valence-electron chi connectivity index (χ1n) is 7.50. The zero-order valence-corrected chi connectivity index (χ0v) is 12.8. The van der Waals surface area contributed by atoms with E-state index >= 15 is 0 Å². The number of furan rings is 1. The highest BCUT2D eigenvalue weighted by molar-refractivity contribution is 6.41. The number of hydrogen-bond acceptors (Lipinski definition) is 3. The number of allylic oxidation sites excluding steroid dienone is 1. The zero-order valence-electron chi connectivity index (χ0n) is 12.8. The molecule has 122 valence electrons. The molecule has 0 amide bonds. The fraction of sp³-hybridized carbons (Fsp3) is 0. The normalized spacial score (nSPS) is 13.3. The molecule has 0 bridgehead atoms. The molecule has 0 aliphatic heterocycles. The molecule has 1 aromatic heterocycles. The summed E-state index contributed by atoms with van der Waals surface area (Å²) in [4.78, 5) is 24.7. The molecule has 0 saturated carbocycles. The molecule has 5 heteroatoms. The van der Waals surface area contributed by atoms with Gasteiger partial charge in [-0.15, -0.1) is 0 Å². The van der Waals surface area contributed by atoms with Crippen molar-refractivity contribution >= 4 is 17.6 Å². The number of Topliss-reactive ketones (excluding diaryl/α,β-unsaturated/α-hetero) is 2. The first-order chi connectivity index (χ1) is 12.0. The Morgan fingerprint density at radius 1 is 0.800 bits per heavy atom. The Morgan fingerprint density at radius 2 is 1.48 bits per heavy atom. The lowest BCUT2D eigenvalue weighted by Gasteiger charge is -1.99. The predicted octanol–water partition coefficient (Wildman–Crippen LogP) is 4.69. The van der Waals surface area contributed by atoms with E-state index in [-0.39, 0.29) is 34.2 Å². The van der Waals surface area contributed by atoms with E-state index in [0.29, 0.717) is 11.1 Å². The van der Waals surface area contributed by atoms with Crippen LogP contribution in [0.5, 0.6) is 0 Å². The monoisotopic (exact) mass is 336 g/mol. The summed E-state index contributed by atoms with van der Waals surface area (Å²) in [6.45, 7) is 0. The van der Waals surface area contributed by atoms with E-state index in [2.05, 4.69) is 0 Å². The van der Waals surface area contributed by atoms with Gasteiger partial charge in [0, 0.05) is 17.2 Å². The maximum atomic E-state index is 13.8. The van der Waals surface area contributed by atoms with Crippen LogP contribution < -0.4 is 0 Å². The van der Waals surface area contributed by atoms with Crippen molar-refractivity contribution in [3.63, 3.8) is 0 Å². The minimum Gasteiger partial charge on any atom is -0.457 e. The first-order valence-corrected chi connectivity index (χ1v) is 7.50. The maximum absolute atomic E-state index is 13.8. The molecule has 0 atom stereocenters. The molecule has 3 aromatic rings. The summed E-state index contributed by atoms with van der Waals surface area (Å²) in [5, 5.41) is 0. The van der Waals surface area contributed by atoms with Crippen LogP contribution in [-0.2, 0) is 0 Å². The van der Waals surface area contributed by atoms with Crippen molar-refractivity contribution in [3.8, 4) is 11.3 Å². The number of carbonyl (C=O) groups is 2. The van der Waals surface area contributed by atoms with Crippen LogP contribution in [0.25, 0.3) is 17.4 Å². The van der Waals surface area contributed by atoms with Crippen LogP contribution in [0.2, 0.25) is 0 Å². The summed E-state index contributed by atoms with van der Waals surface area (Å²) in [6.07, 6.45) is 1.34. The third kappa shape index (κ3) is 2.50. The SMILES string of the molecule is O=C1C(=Cc2ccc(-c3ccc(F)cc3F)o2)C(=O)c2ccccc21. The highest BCUT2D eigenvalue weighted by Crippen LogP contribution is 2.30. The van der Waals surface area contributed by atoms with E-state index in [1.165, 1.54) is 24.3 Å². The van der Waals surface area contributed by atoms with Crippen LogP contribution in [0.15, 0.2) is 64.6 Å². The van der Waals surface area contributed by atoms with Gasteiger partial charge in [0.2, 0.25) is 0 Å². The number of benzene rings is 2. The third-order valence-corrected chi connectivity index (χ3v) is 4.02. The Hall–Kier alpha value is -3.34. The first kappa shape index (κ1) is 15.2. The van der Waals surface area contributed by atoms with Crippen molar-refractivity contribution in [2.24, 2.45) is 0 Å². The highest BCUT2D eigenvalue weighted by Gasteiger charge is 2.32. The van der Waals surface area contributed by atoms with Gasteiger partial charge in [0.05, 0.1) is 11.1 Å². The van der Waals surface area contributed by atoms with E-state index in [4.69, 9.17) is 4.42 Å². The molecule has 2 aromatic carbocycles. The van der Waals surface area contributed by atoms with Crippen LogP contribution >= 0.6 is 0 Å². The van der Waals surface area contributed by atoms with Gasteiger partial charge in [-0.05, 0) is 30.3 Å². The van der Waals surface area contributed by atoms with Crippen molar-refractivity contribution in [2.75, 3.05) is 0 Å². The van der Waals surface area contributed by atoms with Gasteiger partial charge in [-0.25, -0.2) is 8.78 Å². The molecular formula is C20H10F2O3. The van der Waals surface area contributed by atoms with E-state index in [1.807, 2.05) is 0 Å². The Balaban J connectivity index is 1.71. The smallest absolute Gasteiger partial charge is 0.197 e. The van der Waals surface area contributed by atoms with E-state index in [1.54, 1.807) is 24.3 Å². The number of rotatable bonds is 2. The van der Waals surface area contributed by atoms with E-state index in [9.17, 15) is 18.4 Å². The lowest BCUT2D eigenvalue weighted by molar-refractivity contribution is 0.0990. The largest absolute Gasteiger partial charge is 0.457 e. The number of fused-ring (bicyclic) bond motifs is 1. The van der Waals surface area contributed by atoms with E-state index < -0.39 is 11.6 Å². The lowest BCUT2D eigenvalue weighted by Crippen LogP contribution is -1.99. The lowest BCUT2D eigenvalue weighted by atomic mass is 10.1. The van der Waals surface area contributed by atoms with Crippen LogP contribution in [-0.4, -0.2) is 11.6 Å². The van der Waals surface area contributed by atoms with Crippen molar-refractivity contribution < 1.29 is 22.8 Å². The molecule has 1 aliphatic rings. The van der Waals surface area contributed by atoms with Crippen molar-refractivity contribution in [1.29, 1.82) is 0 Å². The Labute approximate surface area is 141 Å². The molecule has 0 spiro atoms. The summed E-state index contributed by atoms with van der Waals surface area (Å²) in [5.41, 5.74) is 0.810. The summed E-state index contributed by atoms with van der Waals surface area (Å²) in [6, 6.07) is 12.7. The van der Waals surface area contributed by atoms with Crippen molar-refractivity contribution in [2.45, 2.75) is 0 Å². The van der Waals surface area contributed by atoms with Gasteiger partial charge in [-0.3, -0.25) is 9.59 Å². The molecule has 0 radical (unpaired) electrons. The van der Waals surface area contributed by atoms with Gasteiger partial charge in [-0.1, -0.05) is 24.3 Å². The standard InChI is InChI=1S/C20H10F2O3/c21-11-5-7-15(17(22)9-11)18-8-6-12(25-18)10-16-19(23)13-3-1-2-4-14(13)20(16)24/h1-10H. The fourth-order valence-electron chi connectivity index (χ4n) is 2.81. The molecule has 3 nitrogen and oxygen atoms in total. The maximum Gasteiger partial charge on any atom is 0.197 e. The number of ketones is 2. The molecule has 25 heavy (non-hydrogen) atoms. The molecule has 0 unspecified atom stereocenters. The topological polar surface area (TPSA) is 47.3 Å². The Bertz CT molecular complexity index is 1020. The summed E-state index contributed by atoms with van der Waals surface area (Å²) in [7, 11) is 0. The van der Waals surface area contributed by atoms with Gasteiger partial charge in [0.15, 0.2) is 11.6 Å². The Kier molecular flexibility index (Phi) is 3.42. The second-order valence-electron chi connectivity index (χ2n) is 5.59. The molecule has 0 N–H and O–H groups in total. The molecule has 0 saturated heterocycles. The summed E-state index contributed by atoms with van der Waals surface area (Å²) < 4.78 is 32.3. The van der Waals surface area contributed by atoms with Gasteiger partial charge in [0.1, 0.15) is 23.2 Å². The second kappa shape index (κ2) is 5.63. The highest BCUT2D eigenvalue weighted by atomic mass is 19.1. The second-order valence-corrected chi connectivity index (χ2v) is 5.59. The van der Waals surface area contributed by atoms with Crippen LogP contribution in [0.4, 0.5) is 8.78 Å². The minimum atomic E-state index is -0.756. The van der Waals surface area contributed by atoms with Gasteiger partial charge in [0.25, 0.3) is 0 Å². The number of carbonyl (C=O) groups excluding carboxylic acids is 2. The third-order valence-electron chi connectivity index (χ3n) is 4.02. The average molecular weight is 336 g/mol. The molecule has 1 aliphatic carbocycles. The summed E-state index contributed by atoms with van der Waals surface area (Å²) in [5.74, 6) is -1.76. The molecule has 0 fully saturated rings. The molecule has 1 heterocycles. The summed E-state index contributed by atoms with van der Waals surface area (Å²) >= 11 is 0. The quantitative estimate of drug-likeness (QED) is 0.504. The number of halogens is 2. The van der Waals surface area contributed by atoms with Crippen LogP contribution in [0, 0.1) is 11.6 Å². The zero-order chi connectivity index (χ0) is 17.6. The Morgan fingerprint density at radius 3 is 2.12 bits per heavy atom. The fourth-order valence-corrected chi connectivity index (χ4v) is 2.81. The van der Waals surface area contributed by atoms with Gasteiger partial charge < -0.3 is 4.42 Å². The van der Waals surface area contributed by atoms with Gasteiger partial charge in [-0.2, -0.15) is 0 Å². The van der Waals surface area contributed by atoms with Crippen LogP contribution in [0.1, 0.15) is 26.5 Å². The average Bonchev–Trinajstić information content (AvgIpc) is 3.15. The minimum absolute atomic E-state index is 0.00155. The van der Waals surface area contributed by atoms with E-state index in [0.717, 1.165) is 12.1 Å².